The van der Waals surface area contributed by atoms with Crippen LogP contribution in [0, 0.1) is 0 Å². The molecule has 1 unspecified atom stereocenters. The average molecular weight is 254 g/mol. The summed E-state index contributed by atoms with van der Waals surface area (Å²) in [6.07, 6.45) is 8.51. The van der Waals surface area contributed by atoms with E-state index in [1.54, 1.807) is 0 Å². The third kappa shape index (κ3) is 3.87. The van der Waals surface area contributed by atoms with Crippen LogP contribution >= 0.6 is 0 Å². The standard InChI is InChI=1S/C14H26N2O2/c1-2-18-13-9-6-10-16(11-13)14(17)15-12-7-4-3-5-8-12/h12-13H,2-11H2,1H3,(H,15,17). The Balaban J connectivity index is 1.76. The Morgan fingerprint density at radius 2 is 2.00 bits per heavy atom. The molecule has 0 radical (unpaired) electrons. The van der Waals surface area contributed by atoms with Crippen LogP contribution in [-0.4, -0.2) is 42.8 Å². The number of amides is 2. The fourth-order valence-corrected chi connectivity index (χ4v) is 3.01. The smallest absolute Gasteiger partial charge is 0.317 e. The zero-order chi connectivity index (χ0) is 12.8. The number of hydrogen-bond donors (Lipinski definition) is 1. The van der Waals surface area contributed by atoms with E-state index in [0.29, 0.717) is 6.04 Å². The van der Waals surface area contributed by atoms with Crippen molar-refractivity contribution in [1.82, 2.24) is 10.2 Å². The lowest BCUT2D eigenvalue weighted by Crippen LogP contribution is -2.50. The molecular formula is C14H26N2O2. The van der Waals surface area contributed by atoms with Gasteiger partial charge in [0.25, 0.3) is 0 Å². The van der Waals surface area contributed by atoms with E-state index in [1.807, 2.05) is 11.8 Å². The highest BCUT2D eigenvalue weighted by atomic mass is 16.5. The fraction of sp³-hybridized carbons (Fsp3) is 0.929. The van der Waals surface area contributed by atoms with E-state index in [9.17, 15) is 4.79 Å². The quantitative estimate of drug-likeness (QED) is 0.841. The van der Waals surface area contributed by atoms with Crippen molar-refractivity contribution < 1.29 is 9.53 Å². The molecular weight excluding hydrogens is 228 g/mol. The number of nitrogens with one attached hydrogen (secondary N) is 1. The van der Waals surface area contributed by atoms with Gasteiger partial charge in [0.15, 0.2) is 0 Å². The summed E-state index contributed by atoms with van der Waals surface area (Å²) in [5, 5.41) is 3.18. The summed E-state index contributed by atoms with van der Waals surface area (Å²) < 4.78 is 5.63. The Morgan fingerprint density at radius 1 is 1.22 bits per heavy atom. The van der Waals surface area contributed by atoms with Crippen molar-refractivity contribution in [2.24, 2.45) is 0 Å². The molecule has 4 nitrogen and oxygen atoms in total. The maximum Gasteiger partial charge on any atom is 0.317 e. The molecule has 0 spiro atoms. The van der Waals surface area contributed by atoms with Gasteiger partial charge in [0, 0.05) is 25.7 Å². The molecule has 1 heterocycles. The zero-order valence-electron chi connectivity index (χ0n) is 11.5. The van der Waals surface area contributed by atoms with Crippen molar-refractivity contribution >= 4 is 6.03 Å². The first-order valence-electron chi connectivity index (χ1n) is 7.46. The largest absolute Gasteiger partial charge is 0.377 e. The first-order chi connectivity index (χ1) is 8.79. The van der Waals surface area contributed by atoms with Gasteiger partial charge in [0.1, 0.15) is 0 Å². The van der Waals surface area contributed by atoms with Crippen molar-refractivity contribution in [2.75, 3.05) is 19.7 Å². The van der Waals surface area contributed by atoms with Crippen molar-refractivity contribution in [3.63, 3.8) is 0 Å². The van der Waals surface area contributed by atoms with Crippen molar-refractivity contribution in [2.45, 2.75) is 64.0 Å². The Labute approximate surface area is 110 Å². The second-order valence-electron chi connectivity index (χ2n) is 5.45. The monoisotopic (exact) mass is 254 g/mol. The van der Waals surface area contributed by atoms with Crippen LogP contribution in [0.5, 0.6) is 0 Å². The second-order valence-corrected chi connectivity index (χ2v) is 5.45. The van der Waals surface area contributed by atoms with Crippen molar-refractivity contribution in [1.29, 1.82) is 0 Å². The summed E-state index contributed by atoms with van der Waals surface area (Å²) in [4.78, 5) is 14.1. The third-order valence-electron chi connectivity index (χ3n) is 4.00. The fourth-order valence-electron chi connectivity index (χ4n) is 3.01. The van der Waals surface area contributed by atoms with E-state index < -0.39 is 0 Å². The third-order valence-corrected chi connectivity index (χ3v) is 4.00. The van der Waals surface area contributed by atoms with Crippen LogP contribution in [0.3, 0.4) is 0 Å². The molecule has 1 N–H and O–H groups in total. The summed E-state index contributed by atoms with van der Waals surface area (Å²) in [5.41, 5.74) is 0. The van der Waals surface area contributed by atoms with Gasteiger partial charge in [-0.1, -0.05) is 19.3 Å². The minimum absolute atomic E-state index is 0.117. The van der Waals surface area contributed by atoms with Crippen LogP contribution < -0.4 is 5.32 Å². The van der Waals surface area contributed by atoms with E-state index >= 15 is 0 Å². The van der Waals surface area contributed by atoms with Gasteiger partial charge in [0.05, 0.1) is 6.10 Å². The molecule has 0 aromatic heterocycles. The average Bonchev–Trinajstić information content (AvgIpc) is 2.40. The molecule has 0 bridgehead atoms. The maximum atomic E-state index is 12.2. The molecule has 1 saturated heterocycles. The Kier molecular flexibility index (Phi) is 5.29. The highest BCUT2D eigenvalue weighted by molar-refractivity contribution is 5.74. The molecule has 18 heavy (non-hydrogen) atoms. The van der Waals surface area contributed by atoms with Gasteiger partial charge in [-0.2, -0.15) is 0 Å². The number of urea groups is 1. The van der Waals surface area contributed by atoms with Gasteiger partial charge in [-0.3, -0.25) is 0 Å². The lowest BCUT2D eigenvalue weighted by atomic mass is 9.96. The van der Waals surface area contributed by atoms with E-state index in [1.165, 1.54) is 19.3 Å². The number of carbonyl (C=O) groups excluding carboxylic acids is 1. The van der Waals surface area contributed by atoms with Crippen LogP contribution in [0.2, 0.25) is 0 Å². The van der Waals surface area contributed by atoms with Gasteiger partial charge in [-0.25, -0.2) is 4.79 Å². The molecule has 2 aliphatic rings. The van der Waals surface area contributed by atoms with E-state index in [0.717, 1.165) is 45.4 Å². The molecule has 1 aliphatic heterocycles. The summed E-state index contributed by atoms with van der Waals surface area (Å²) in [6.45, 7) is 4.39. The maximum absolute atomic E-state index is 12.2. The highest BCUT2D eigenvalue weighted by Crippen LogP contribution is 2.18. The van der Waals surface area contributed by atoms with Gasteiger partial charge in [-0.15, -0.1) is 0 Å². The lowest BCUT2D eigenvalue weighted by molar-refractivity contribution is 0.0160. The van der Waals surface area contributed by atoms with Gasteiger partial charge in [-0.05, 0) is 32.6 Å². The van der Waals surface area contributed by atoms with E-state index in [-0.39, 0.29) is 12.1 Å². The SMILES string of the molecule is CCOC1CCCN(C(=O)NC2CCCCC2)C1. The van der Waals surface area contributed by atoms with Crippen molar-refractivity contribution in [3.05, 3.63) is 0 Å². The van der Waals surface area contributed by atoms with Gasteiger partial charge < -0.3 is 15.0 Å². The summed E-state index contributed by atoms with van der Waals surface area (Å²) in [6, 6.07) is 0.519. The van der Waals surface area contributed by atoms with Crippen LogP contribution in [0.4, 0.5) is 4.79 Å². The predicted molar refractivity (Wildman–Crippen MR) is 71.6 cm³/mol. The van der Waals surface area contributed by atoms with Gasteiger partial charge >= 0.3 is 6.03 Å². The van der Waals surface area contributed by atoms with Crippen molar-refractivity contribution in [3.8, 4) is 0 Å². The molecule has 2 rings (SSSR count). The number of hydrogen-bond acceptors (Lipinski definition) is 2. The molecule has 1 saturated carbocycles. The Hall–Kier alpha value is -0.770. The molecule has 2 amide bonds. The van der Waals surface area contributed by atoms with Crippen LogP contribution in [-0.2, 0) is 4.74 Å². The molecule has 4 heteroatoms. The highest BCUT2D eigenvalue weighted by Gasteiger charge is 2.25. The van der Waals surface area contributed by atoms with E-state index in [2.05, 4.69) is 5.32 Å². The summed E-state index contributed by atoms with van der Waals surface area (Å²) >= 11 is 0. The molecule has 0 aromatic carbocycles. The predicted octanol–water partition coefficient (Wildman–Crippen LogP) is 2.53. The minimum Gasteiger partial charge on any atom is -0.377 e. The molecule has 0 aromatic rings. The lowest BCUT2D eigenvalue weighted by Gasteiger charge is -2.34. The van der Waals surface area contributed by atoms with Gasteiger partial charge in [0.2, 0.25) is 0 Å². The molecule has 1 aliphatic carbocycles. The van der Waals surface area contributed by atoms with Crippen LogP contribution in [0.15, 0.2) is 0 Å². The first kappa shape index (κ1) is 13.7. The first-order valence-corrected chi connectivity index (χ1v) is 7.46. The summed E-state index contributed by atoms with van der Waals surface area (Å²) in [5.74, 6) is 0. The number of ether oxygens (including phenoxy) is 1. The summed E-state index contributed by atoms with van der Waals surface area (Å²) in [7, 11) is 0. The number of likely N-dealkylation sites (tertiary alicyclic amines) is 1. The second kappa shape index (κ2) is 6.98. The minimum atomic E-state index is 0.117. The Bertz CT molecular complexity index is 263. The molecule has 2 fully saturated rings. The van der Waals surface area contributed by atoms with Crippen LogP contribution in [0.1, 0.15) is 51.9 Å². The number of nitrogens with zero attached hydrogens (tertiary/aromatic N) is 1. The molecule has 104 valence electrons. The molecule has 1 atom stereocenters. The number of rotatable bonds is 3. The number of carbonyl (C=O) groups is 1. The normalized spacial score (nSPS) is 26.1. The van der Waals surface area contributed by atoms with Crippen LogP contribution in [0.25, 0.3) is 0 Å². The Morgan fingerprint density at radius 3 is 2.72 bits per heavy atom. The van der Waals surface area contributed by atoms with E-state index in [4.69, 9.17) is 4.74 Å². The number of piperidine rings is 1. The topological polar surface area (TPSA) is 41.6 Å². The zero-order valence-corrected chi connectivity index (χ0v) is 11.5.